The number of benzene rings is 3. The van der Waals surface area contributed by atoms with Gasteiger partial charge < -0.3 is 5.32 Å². The number of carbonyl (C=O) groups is 1. The van der Waals surface area contributed by atoms with Crippen LogP contribution in [0.15, 0.2) is 78.9 Å². The van der Waals surface area contributed by atoms with Crippen LogP contribution in [0.3, 0.4) is 0 Å². The summed E-state index contributed by atoms with van der Waals surface area (Å²) in [4.78, 5) is 12.7. The van der Waals surface area contributed by atoms with Gasteiger partial charge in [-0.2, -0.15) is 13.2 Å². The van der Waals surface area contributed by atoms with Gasteiger partial charge in [-0.15, -0.1) is 0 Å². The summed E-state index contributed by atoms with van der Waals surface area (Å²) in [5.41, 5.74) is 3.97. The molecule has 0 aromatic heterocycles. The Balaban J connectivity index is 1.96. The van der Waals surface area contributed by atoms with E-state index in [0.717, 1.165) is 34.4 Å². The van der Waals surface area contributed by atoms with Crippen LogP contribution in [-0.2, 0) is 11.0 Å². The van der Waals surface area contributed by atoms with Gasteiger partial charge in [0, 0.05) is 7.05 Å². The lowest BCUT2D eigenvalue weighted by Crippen LogP contribution is -2.37. The molecule has 3 rings (SSSR count). The minimum Gasteiger partial charge on any atom is -0.358 e. The summed E-state index contributed by atoms with van der Waals surface area (Å²) in [6.45, 7) is 4.04. The topological polar surface area (TPSA) is 41.1 Å². The molecule has 0 unspecified atom stereocenters. The predicted molar refractivity (Wildman–Crippen MR) is 126 cm³/mol. The lowest BCUT2D eigenvalue weighted by Gasteiger charge is -2.24. The van der Waals surface area contributed by atoms with Gasteiger partial charge in [0.15, 0.2) is 0 Å². The molecule has 3 nitrogen and oxygen atoms in total. The molecule has 0 spiro atoms. The molecule has 0 aliphatic heterocycles. The zero-order chi connectivity index (χ0) is 24.0. The summed E-state index contributed by atoms with van der Waals surface area (Å²) >= 11 is 0. The Morgan fingerprint density at radius 1 is 0.879 bits per heavy atom. The Labute approximate surface area is 192 Å². The fourth-order valence-corrected chi connectivity index (χ4v) is 3.50. The van der Waals surface area contributed by atoms with Crippen molar-refractivity contribution in [1.82, 2.24) is 10.6 Å². The maximum absolute atomic E-state index is 12.9. The molecule has 0 fully saturated rings. The Bertz CT molecular complexity index is 1110. The van der Waals surface area contributed by atoms with Crippen molar-refractivity contribution in [2.45, 2.75) is 32.1 Å². The first-order valence-corrected chi connectivity index (χ1v) is 10.6. The van der Waals surface area contributed by atoms with Crippen LogP contribution in [0.5, 0.6) is 0 Å². The zero-order valence-electron chi connectivity index (χ0n) is 18.8. The van der Waals surface area contributed by atoms with Crippen molar-refractivity contribution in [3.8, 4) is 0 Å². The molecule has 1 amide bonds. The third-order valence-corrected chi connectivity index (χ3v) is 5.60. The standard InChI is InChI=1S/C27H27F3N2O/c1-18-9-13-22(17-19(18)2)24(16-12-20-10-14-23(15-11-20)27(28,29)30)32-25(26(33)31-3)21-7-5-4-6-8-21/h4-17,24-25,32H,1-3H3,(H,31,33)/b16-12+/t24-,25+/m0/s1. The molecule has 2 N–H and O–H groups in total. The highest BCUT2D eigenvalue weighted by Crippen LogP contribution is 2.30. The van der Waals surface area contributed by atoms with Gasteiger partial charge in [-0.05, 0) is 53.8 Å². The quantitative estimate of drug-likeness (QED) is 0.451. The maximum Gasteiger partial charge on any atom is 0.416 e. The number of hydrogen-bond donors (Lipinski definition) is 2. The largest absolute Gasteiger partial charge is 0.416 e. The van der Waals surface area contributed by atoms with Gasteiger partial charge >= 0.3 is 6.18 Å². The minimum absolute atomic E-state index is 0.182. The molecule has 0 radical (unpaired) electrons. The van der Waals surface area contributed by atoms with E-state index in [9.17, 15) is 18.0 Å². The zero-order valence-corrected chi connectivity index (χ0v) is 18.8. The first kappa shape index (κ1) is 24.3. The number of rotatable bonds is 7. The molecule has 3 aromatic carbocycles. The van der Waals surface area contributed by atoms with Crippen molar-refractivity contribution in [2.24, 2.45) is 0 Å². The Kier molecular flexibility index (Phi) is 7.71. The molecule has 0 aliphatic rings. The molecule has 6 heteroatoms. The molecule has 0 saturated heterocycles. The van der Waals surface area contributed by atoms with Crippen LogP contribution in [0.4, 0.5) is 13.2 Å². The molecular weight excluding hydrogens is 425 g/mol. The highest BCUT2D eigenvalue weighted by molar-refractivity contribution is 5.83. The van der Waals surface area contributed by atoms with Gasteiger partial charge in [0.05, 0.1) is 11.6 Å². The van der Waals surface area contributed by atoms with Gasteiger partial charge in [0.25, 0.3) is 0 Å². The Morgan fingerprint density at radius 2 is 1.55 bits per heavy atom. The normalized spacial score (nSPS) is 13.6. The second kappa shape index (κ2) is 10.5. The second-order valence-electron chi connectivity index (χ2n) is 7.92. The molecule has 33 heavy (non-hydrogen) atoms. The molecule has 0 heterocycles. The number of aryl methyl sites for hydroxylation is 2. The molecule has 0 saturated carbocycles. The van der Waals surface area contributed by atoms with Crippen LogP contribution in [0, 0.1) is 13.8 Å². The first-order chi connectivity index (χ1) is 15.7. The third-order valence-electron chi connectivity index (χ3n) is 5.60. The van der Waals surface area contributed by atoms with Gasteiger partial charge in [0.2, 0.25) is 5.91 Å². The summed E-state index contributed by atoms with van der Waals surface area (Å²) in [7, 11) is 1.59. The van der Waals surface area contributed by atoms with E-state index in [-0.39, 0.29) is 11.9 Å². The summed E-state index contributed by atoms with van der Waals surface area (Å²) in [5.74, 6) is -0.182. The SMILES string of the molecule is CNC(=O)[C@H](N[C@@H](/C=C/c1ccc(C(F)(F)F)cc1)c1ccc(C)c(C)c1)c1ccccc1. The maximum atomic E-state index is 12.9. The molecular formula is C27H27F3N2O. The van der Waals surface area contributed by atoms with Crippen LogP contribution in [-0.4, -0.2) is 13.0 Å². The lowest BCUT2D eigenvalue weighted by molar-refractivity contribution is -0.137. The van der Waals surface area contributed by atoms with Crippen LogP contribution in [0.1, 0.15) is 45.5 Å². The van der Waals surface area contributed by atoms with E-state index >= 15 is 0 Å². The monoisotopic (exact) mass is 452 g/mol. The van der Waals surface area contributed by atoms with Crippen molar-refractivity contribution in [3.63, 3.8) is 0 Å². The number of carbonyl (C=O) groups excluding carboxylic acids is 1. The number of hydrogen-bond acceptors (Lipinski definition) is 2. The molecule has 3 aromatic rings. The van der Waals surface area contributed by atoms with E-state index in [1.807, 2.05) is 62.4 Å². The van der Waals surface area contributed by atoms with E-state index in [0.29, 0.717) is 5.56 Å². The smallest absolute Gasteiger partial charge is 0.358 e. The Morgan fingerprint density at radius 3 is 2.12 bits per heavy atom. The predicted octanol–water partition coefficient (Wildman–Crippen LogP) is 6.15. The van der Waals surface area contributed by atoms with E-state index in [1.54, 1.807) is 13.1 Å². The average molecular weight is 453 g/mol. The van der Waals surface area contributed by atoms with Crippen LogP contribution in [0.2, 0.25) is 0 Å². The van der Waals surface area contributed by atoms with Gasteiger partial charge in [-0.25, -0.2) is 0 Å². The number of nitrogens with one attached hydrogen (secondary N) is 2. The van der Waals surface area contributed by atoms with Crippen molar-refractivity contribution >= 4 is 12.0 Å². The average Bonchev–Trinajstić information content (AvgIpc) is 2.81. The van der Waals surface area contributed by atoms with Gasteiger partial charge in [-0.1, -0.05) is 72.8 Å². The van der Waals surface area contributed by atoms with Gasteiger partial charge in [-0.3, -0.25) is 10.1 Å². The number of amides is 1. The summed E-state index contributed by atoms with van der Waals surface area (Å²) in [5, 5.41) is 6.11. The van der Waals surface area contributed by atoms with Gasteiger partial charge in [0.1, 0.15) is 6.04 Å². The highest BCUT2D eigenvalue weighted by atomic mass is 19.4. The molecule has 2 atom stereocenters. The number of halogens is 3. The number of alkyl halides is 3. The van der Waals surface area contributed by atoms with Crippen molar-refractivity contribution in [3.05, 3.63) is 112 Å². The first-order valence-electron chi connectivity index (χ1n) is 10.6. The minimum atomic E-state index is -4.37. The van der Waals surface area contributed by atoms with Crippen LogP contribution >= 0.6 is 0 Å². The molecule has 0 aliphatic carbocycles. The van der Waals surface area contributed by atoms with Crippen molar-refractivity contribution < 1.29 is 18.0 Å². The van der Waals surface area contributed by atoms with Crippen LogP contribution in [0.25, 0.3) is 6.08 Å². The Hall–Kier alpha value is -3.38. The van der Waals surface area contributed by atoms with E-state index in [1.165, 1.54) is 12.1 Å². The number of likely N-dealkylation sites (N-methyl/N-ethyl adjacent to an activating group) is 1. The van der Waals surface area contributed by atoms with Crippen molar-refractivity contribution in [1.29, 1.82) is 0 Å². The van der Waals surface area contributed by atoms with E-state index in [2.05, 4.69) is 16.7 Å². The molecule has 172 valence electrons. The fourth-order valence-electron chi connectivity index (χ4n) is 3.50. The summed E-state index contributed by atoms with van der Waals surface area (Å²) < 4.78 is 38.6. The lowest BCUT2D eigenvalue weighted by atomic mass is 9.97. The second-order valence-corrected chi connectivity index (χ2v) is 7.92. The van der Waals surface area contributed by atoms with Crippen molar-refractivity contribution in [2.75, 3.05) is 7.05 Å². The fraction of sp³-hybridized carbons (Fsp3) is 0.222. The van der Waals surface area contributed by atoms with E-state index in [4.69, 9.17) is 0 Å². The summed E-state index contributed by atoms with van der Waals surface area (Å²) in [6, 6.07) is 19.5. The molecule has 0 bridgehead atoms. The van der Waals surface area contributed by atoms with E-state index < -0.39 is 17.8 Å². The third kappa shape index (κ3) is 6.33. The highest BCUT2D eigenvalue weighted by Gasteiger charge is 2.29. The van der Waals surface area contributed by atoms with Crippen LogP contribution < -0.4 is 10.6 Å². The summed E-state index contributed by atoms with van der Waals surface area (Å²) in [6.07, 6.45) is -0.743.